The molecule has 1 N–H and O–H groups in total. The summed E-state index contributed by atoms with van der Waals surface area (Å²) in [5.41, 5.74) is 0. The van der Waals surface area contributed by atoms with Crippen molar-refractivity contribution in [3.63, 3.8) is 0 Å². The van der Waals surface area contributed by atoms with Gasteiger partial charge in [-0.3, -0.25) is 0 Å². The first-order valence-corrected chi connectivity index (χ1v) is 7.08. The fourth-order valence-electron chi connectivity index (χ4n) is 1.61. The van der Waals surface area contributed by atoms with Crippen LogP contribution in [0.4, 0.5) is 0 Å². The van der Waals surface area contributed by atoms with Crippen LogP contribution in [0.3, 0.4) is 0 Å². The zero-order chi connectivity index (χ0) is 11.2. The molecule has 0 heterocycles. The summed E-state index contributed by atoms with van der Waals surface area (Å²) in [6, 6.07) is 0. The number of rotatable bonds is 7. The molecule has 4 nitrogen and oxygen atoms in total. The van der Waals surface area contributed by atoms with Crippen LogP contribution in [-0.4, -0.2) is 51.9 Å². The molecular formula is C9H23N2O2S+. The summed E-state index contributed by atoms with van der Waals surface area (Å²) >= 11 is 0. The first-order chi connectivity index (χ1) is 6.39. The number of likely N-dealkylation sites (N-methyl/N-ethyl adjacent to an activating group) is 1. The molecule has 0 atom stereocenters. The maximum atomic E-state index is 10.9. The second kappa shape index (κ2) is 5.68. The Morgan fingerprint density at radius 1 is 1.07 bits per heavy atom. The van der Waals surface area contributed by atoms with Crippen molar-refractivity contribution in [1.82, 2.24) is 4.72 Å². The van der Waals surface area contributed by atoms with Gasteiger partial charge in [0.25, 0.3) is 0 Å². The zero-order valence-corrected chi connectivity index (χ0v) is 10.5. The topological polar surface area (TPSA) is 46.2 Å². The average Bonchev–Trinajstić information content (AvgIpc) is 2.11. The summed E-state index contributed by atoms with van der Waals surface area (Å²) in [6.45, 7) is 11.0. The number of hydrogen-bond donors (Lipinski definition) is 1. The highest BCUT2D eigenvalue weighted by Crippen LogP contribution is 2.04. The Bertz CT molecular complexity index is 237. The minimum Gasteiger partial charge on any atom is -0.323 e. The quantitative estimate of drug-likeness (QED) is 0.636. The van der Waals surface area contributed by atoms with Crippen LogP contribution in [0.15, 0.2) is 0 Å². The summed E-state index contributed by atoms with van der Waals surface area (Å²) in [6.07, 6.45) is 1.20. The Balaban J connectivity index is 4.08. The predicted molar refractivity (Wildman–Crippen MR) is 59.6 cm³/mol. The normalized spacial score (nSPS) is 13.1. The van der Waals surface area contributed by atoms with E-state index in [9.17, 15) is 8.42 Å². The lowest BCUT2D eigenvalue weighted by Crippen LogP contribution is -2.51. The average molecular weight is 223 g/mol. The smallest absolute Gasteiger partial charge is 0.208 e. The molecule has 0 bridgehead atoms. The molecule has 0 unspecified atom stereocenters. The van der Waals surface area contributed by atoms with Crippen molar-refractivity contribution in [3.05, 3.63) is 0 Å². The maximum Gasteiger partial charge on any atom is 0.208 e. The molecule has 86 valence electrons. The highest BCUT2D eigenvalue weighted by atomic mass is 32.2. The molecule has 0 aromatic carbocycles. The van der Waals surface area contributed by atoms with Crippen molar-refractivity contribution < 1.29 is 12.9 Å². The fraction of sp³-hybridized carbons (Fsp3) is 1.00. The molecule has 0 saturated heterocycles. The second-order valence-corrected chi connectivity index (χ2v) is 5.51. The number of nitrogens with one attached hydrogen (secondary N) is 1. The van der Waals surface area contributed by atoms with Gasteiger partial charge in [-0.15, -0.1) is 0 Å². The van der Waals surface area contributed by atoms with E-state index in [2.05, 4.69) is 25.5 Å². The third-order valence-corrected chi connectivity index (χ3v) is 3.69. The Kier molecular flexibility index (Phi) is 5.63. The molecule has 0 amide bonds. The molecule has 0 aliphatic heterocycles. The van der Waals surface area contributed by atoms with Crippen molar-refractivity contribution in [3.8, 4) is 0 Å². The van der Waals surface area contributed by atoms with Crippen LogP contribution in [0.1, 0.15) is 20.8 Å². The maximum absolute atomic E-state index is 10.9. The summed E-state index contributed by atoms with van der Waals surface area (Å²) < 4.78 is 25.2. The minimum absolute atomic E-state index is 0.536. The van der Waals surface area contributed by atoms with E-state index < -0.39 is 10.0 Å². The fourth-order valence-corrected chi connectivity index (χ4v) is 2.08. The van der Waals surface area contributed by atoms with Crippen molar-refractivity contribution in [2.45, 2.75) is 20.8 Å². The molecule has 0 aromatic rings. The number of nitrogens with zero attached hydrogens (tertiary/aromatic N) is 1. The first kappa shape index (κ1) is 13.9. The van der Waals surface area contributed by atoms with Gasteiger partial charge in [0.15, 0.2) is 0 Å². The van der Waals surface area contributed by atoms with Gasteiger partial charge in [0, 0.05) is 0 Å². The number of hydrogen-bond acceptors (Lipinski definition) is 2. The van der Waals surface area contributed by atoms with Gasteiger partial charge in [-0.25, -0.2) is 13.1 Å². The van der Waals surface area contributed by atoms with Crippen LogP contribution in [-0.2, 0) is 10.0 Å². The molecule has 0 saturated carbocycles. The Morgan fingerprint density at radius 2 is 1.50 bits per heavy atom. The molecular weight excluding hydrogens is 200 g/mol. The summed E-state index contributed by atoms with van der Waals surface area (Å²) in [5, 5.41) is 0. The monoisotopic (exact) mass is 223 g/mol. The van der Waals surface area contributed by atoms with Crippen LogP contribution in [0.5, 0.6) is 0 Å². The molecule has 0 aromatic heterocycles. The first-order valence-electron chi connectivity index (χ1n) is 5.19. The van der Waals surface area contributed by atoms with Gasteiger partial charge in [0.05, 0.1) is 39.0 Å². The standard InChI is InChI=1S/C9H23N2O2S/c1-5-11(6-2,7-3)9-8-10-14(4,12)13/h10H,5-9H2,1-4H3/q+1. The molecule has 0 fully saturated rings. The number of sulfonamides is 1. The van der Waals surface area contributed by atoms with Crippen molar-refractivity contribution in [2.75, 3.05) is 39.0 Å². The van der Waals surface area contributed by atoms with Crippen LogP contribution in [0.2, 0.25) is 0 Å². The van der Waals surface area contributed by atoms with E-state index in [-0.39, 0.29) is 0 Å². The van der Waals surface area contributed by atoms with Crippen molar-refractivity contribution >= 4 is 10.0 Å². The summed E-state index contributed by atoms with van der Waals surface area (Å²) in [4.78, 5) is 0. The van der Waals surface area contributed by atoms with Gasteiger partial charge in [0.1, 0.15) is 0 Å². The lowest BCUT2D eigenvalue weighted by atomic mass is 10.3. The third-order valence-electron chi connectivity index (χ3n) is 2.96. The van der Waals surface area contributed by atoms with E-state index in [1.807, 2.05) is 0 Å². The molecule has 0 aliphatic carbocycles. The summed E-state index contributed by atoms with van der Waals surface area (Å²) in [7, 11) is -3.03. The Hall–Kier alpha value is -0.130. The van der Waals surface area contributed by atoms with E-state index in [4.69, 9.17) is 0 Å². The lowest BCUT2D eigenvalue weighted by Gasteiger charge is -2.35. The highest BCUT2D eigenvalue weighted by molar-refractivity contribution is 7.88. The van der Waals surface area contributed by atoms with Crippen molar-refractivity contribution in [1.29, 1.82) is 0 Å². The van der Waals surface area contributed by atoms with E-state index in [1.165, 1.54) is 6.26 Å². The van der Waals surface area contributed by atoms with E-state index in [0.717, 1.165) is 30.7 Å². The van der Waals surface area contributed by atoms with Gasteiger partial charge < -0.3 is 4.48 Å². The Labute approximate surface area is 87.9 Å². The minimum atomic E-state index is -3.03. The molecule has 0 spiro atoms. The SMILES string of the molecule is CC[N+](CC)(CC)CCNS(C)(=O)=O. The molecule has 0 aliphatic rings. The molecule has 0 radical (unpaired) electrons. The van der Waals surface area contributed by atoms with E-state index in [1.54, 1.807) is 0 Å². The third kappa shape index (κ3) is 4.93. The van der Waals surface area contributed by atoms with Crippen LogP contribution < -0.4 is 4.72 Å². The number of quaternary nitrogens is 1. The predicted octanol–water partition coefficient (Wildman–Crippen LogP) is 0.412. The Morgan fingerprint density at radius 3 is 1.79 bits per heavy atom. The highest BCUT2D eigenvalue weighted by Gasteiger charge is 2.20. The largest absolute Gasteiger partial charge is 0.323 e. The molecule has 14 heavy (non-hydrogen) atoms. The van der Waals surface area contributed by atoms with E-state index in [0.29, 0.717) is 6.54 Å². The van der Waals surface area contributed by atoms with Gasteiger partial charge >= 0.3 is 0 Å². The van der Waals surface area contributed by atoms with Crippen LogP contribution >= 0.6 is 0 Å². The van der Waals surface area contributed by atoms with Crippen molar-refractivity contribution in [2.24, 2.45) is 0 Å². The van der Waals surface area contributed by atoms with Gasteiger partial charge in [-0.2, -0.15) is 0 Å². The molecule has 0 rings (SSSR count). The van der Waals surface area contributed by atoms with Crippen LogP contribution in [0.25, 0.3) is 0 Å². The van der Waals surface area contributed by atoms with Gasteiger partial charge in [-0.1, -0.05) is 0 Å². The van der Waals surface area contributed by atoms with Gasteiger partial charge in [0.2, 0.25) is 10.0 Å². The lowest BCUT2D eigenvalue weighted by molar-refractivity contribution is -0.922. The zero-order valence-electron chi connectivity index (χ0n) is 9.71. The summed E-state index contributed by atoms with van der Waals surface area (Å²) in [5.74, 6) is 0. The van der Waals surface area contributed by atoms with Crippen LogP contribution in [0, 0.1) is 0 Å². The second-order valence-electron chi connectivity index (χ2n) is 3.68. The molecule has 5 heteroatoms. The van der Waals surface area contributed by atoms with Gasteiger partial charge in [-0.05, 0) is 20.8 Å². The van der Waals surface area contributed by atoms with E-state index >= 15 is 0 Å².